The van der Waals surface area contributed by atoms with Gasteiger partial charge in [0.05, 0.1) is 25.2 Å². The fourth-order valence-corrected chi connectivity index (χ4v) is 3.13. The van der Waals surface area contributed by atoms with E-state index in [4.69, 9.17) is 9.47 Å². The van der Waals surface area contributed by atoms with Gasteiger partial charge in [0.1, 0.15) is 5.75 Å². The molecule has 0 bridgehead atoms. The largest absolute Gasteiger partial charge is 0.497 e. The fraction of sp³-hybridized carbons (Fsp3) is 0.174. The topological polar surface area (TPSA) is 90.7 Å². The SMILES string of the molecule is COc1ccc(NC(CC(=O)c2ccccc2)c2ccc(OC)c([N+](=O)[O-])c2)cc1. The highest BCUT2D eigenvalue weighted by molar-refractivity contribution is 5.96. The number of anilines is 1. The van der Waals surface area contributed by atoms with Crippen LogP contribution in [0.3, 0.4) is 0 Å². The molecule has 0 amide bonds. The molecule has 0 radical (unpaired) electrons. The molecule has 0 fully saturated rings. The van der Waals surface area contributed by atoms with Crippen molar-refractivity contribution >= 4 is 17.2 Å². The average molecular weight is 406 g/mol. The number of rotatable bonds is 9. The second-order valence-corrected chi connectivity index (χ2v) is 6.61. The maximum absolute atomic E-state index is 12.8. The van der Waals surface area contributed by atoms with Gasteiger partial charge in [0.15, 0.2) is 11.5 Å². The molecule has 0 aliphatic heterocycles. The van der Waals surface area contributed by atoms with Gasteiger partial charge in [0, 0.05) is 23.7 Å². The molecule has 3 aromatic rings. The number of nitrogens with one attached hydrogen (secondary N) is 1. The van der Waals surface area contributed by atoms with Crippen LogP contribution in [0.5, 0.6) is 11.5 Å². The van der Waals surface area contributed by atoms with Gasteiger partial charge in [0.2, 0.25) is 0 Å². The minimum atomic E-state index is -0.494. The number of nitro groups is 1. The molecule has 0 aliphatic rings. The van der Waals surface area contributed by atoms with Crippen molar-refractivity contribution in [3.05, 3.63) is 94.0 Å². The van der Waals surface area contributed by atoms with Gasteiger partial charge in [0.25, 0.3) is 0 Å². The van der Waals surface area contributed by atoms with E-state index in [1.54, 1.807) is 55.6 Å². The number of methoxy groups -OCH3 is 2. The molecule has 0 heterocycles. The number of ether oxygens (including phenoxy) is 2. The lowest BCUT2D eigenvalue weighted by atomic mass is 9.97. The molecule has 0 saturated heterocycles. The van der Waals surface area contributed by atoms with E-state index in [1.807, 2.05) is 18.2 Å². The highest BCUT2D eigenvalue weighted by Gasteiger charge is 2.22. The lowest BCUT2D eigenvalue weighted by Gasteiger charge is -2.20. The summed E-state index contributed by atoms with van der Waals surface area (Å²) in [4.78, 5) is 23.8. The zero-order chi connectivity index (χ0) is 21.5. The van der Waals surface area contributed by atoms with Gasteiger partial charge in [-0.1, -0.05) is 36.4 Å². The van der Waals surface area contributed by atoms with Crippen molar-refractivity contribution in [3.63, 3.8) is 0 Å². The Hall–Kier alpha value is -3.87. The monoisotopic (exact) mass is 406 g/mol. The van der Waals surface area contributed by atoms with Crippen molar-refractivity contribution in [1.29, 1.82) is 0 Å². The molecule has 7 nitrogen and oxygen atoms in total. The third kappa shape index (κ3) is 4.94. The van der Waals surface area contributed by atoms with E-state index in [0.29, 0.717) is 16.9 Å². The summed E-state index contributed by atoms with van der Waals surface area (Å²) in [6.45, 7) is 0. The van der Waals surface area contributed by atoms with Crippen molar-refractivity contribution in [3.8, 4) is 11.5 Å². The number of nitrogens with zero attached hydrogens (tertiary/aromatic N) is 1. The summed E-state index contributed by atoms with van der Waals surface area (Å²) in [5, 5.41) is 14.8. The van der Waals surface area contributed by atoms with E-state index in [-0.39, 0.29) is 23.6 Å². The van der Waals surface area contributed by atoms with Crippen LogP contribution >= 0.6 is 0 Å². The lowest BCUT2D eigenvalue weighted by Crippen LogP contribution is -2.16. The first kappa shape index (κ1) is 20.9. The molecule has 1 atom stereocenters. The van der Waals surface area contributed by atoms with Crippen molar-refractivity contribution in [2.75, 3.05) is 19.5 Å². The highest BCUT2D eigenvalue weighted by Crippen LogP contribution is 2.33. The number of benzene rings is 3. The van der Waals surface area contributed by atoms with E-state index in [0.717, 1.165) is 5.69 Å². The Morgan fingerprint density at radius 1 is 1.00 bits per heavy atom. The molecule has 0 saturated carbocycles. The fourth-order valence-electron chi connectivity index (χ4n) is 3.13. The number of Topliss-reactive ketones (excluding diaryl/α,β-unsaturated/α-hetero) is 1. The quantitative estimate of drug-likeness (QED) is 0.304. The lowest BCUT2D eigenvalue weighted by molar-refractivity contribution is -0.385. The van der Waals surface area contributed by atoms with E-state index in [9.17, 15) is 14.9 Å². The second-order valence-electron chi connectivity index (χ2n) is 6.61. The smallest absolute Gasteiger partial charge is 0.311 e. The van der Waals surface area contributed by atoms with Gasteiger partial charge in [-0.2, -0.15) is 0 Å². The molecular formula is C23H22N2O5. The van der Waals surface area contributed by atoms with Gasteiger partial charge in [-0.3, -0.25) is 14.9 Å². The number of nitro benzene ring substituents is 1. The minimum Gasteiger partial charge on any atom is -0.497 e. The first-order valence-electron chi connectivity index (χ1n) is 9.33. The number of carbonyl (C=O) groups is 1. The average Bonchev–Trinajstić information content (AvgIpc) is 2.79. The normalized spacial score (nSPS) is 11.4. The van der Waals surface area contributed by atoms with Crippen LogP contribution < -0.4 is 14.8 Å². The summed E-state index contributed by atoms with van der Waals surface area (Å²) in [5.74, 6) is 0.805. The number of hydrogen-bond donors (Lipinski definition) is 1. The summed E-state index contributed by atoms with van der Waals surface area (Å²) in [5.41, 5.74) is 1.81. The number of ketones is 1. The van der Waals surface area contributed by atoms with Gasteiger partial charge in [-0.15, -0.1) is 0 Å². The summed E-state index contributed by atoms with van der Waals surface area (Å²) < 4.78 is 10.3. The zero-order valence-electron chi connectivity index (χ0n) is 16.7. The Balaban J connectivity index is 1.94. The molecule has 1 N–H and O–H groups in total. The van der Waals surface area contributed by atoms with Gasteiger partial charge in [-0.05, 0) is 35.9 Å². The van der Waals surface area contributed by atoms with Gasteiger partial charge >= 0.3 is 5.69 Å². The van der Waals surface area contributed by atoms with Crippen molar-refractivity contribution < 1.29 is 19.2 Å². The third-order valence-electron chi connectivity index (χ3n) is 4.72. The molecule has 7 heteroatoms. The van der Waals surface area contributed by atoms with E-state index >= 15 is 0 Å². The van der Waals surface area contributed by atoms with Gasteiger partial charge in [-0.25, -0.2) is 0 Å². The second kappa shape index (κ2) is 9.56. The Bertz CT molecular complexity index is 1020. The van der Waals surface area contributed by atoms with Crippen LogP contribution in [0.2, 0.25) is 0 Å². The van der Waals surface area contributed by atoms with E-state index in [1.165, 1.54) is 13.2 Å². The Labute approximate surface area is 174 Å². The van der Waals surface area contributed by atoms with Crippen LogP contribution in [0.4, 0.5) is 11.4 Å². The van der Waals surface area contributed by atoms with Crippen LogP contribution in [0.25, 0.3) is 0 Å². The Morgan fingerprint density at radius 2 is 1.70 bits per heavy atom. The molecule has 0 aromatic heterocycles. The van der Waals surface area contributed by atoms with Crippen LogP contribution in [0.15, 0.2) is 72.8 Å². The Kier molecular flexibility index (Phi) is 6.64. The summed E-state index contributed by atoms with van der Waals surface area (Å²) in [6.07, 6.45) is 0.125. The molecular weight excluding hydrogens is 384 g/mol. The third-order valence-corrected chi connectivity index (χ3v) is 4.72. The molecule has 3 aromatic carbocycles. The van der Waals surface area contributed by atoms with Crippen molar-refractivity contribution in [2.24, 2.45) is 0 Å². The summed E-state index contributed by atoms with van der Waals surface area (Å²) in [7, 11) is 2.97. The first-order valence-corrected chi connectivity index (χ1v) is 9.33. The number of hydrogen-bond acceptors (Lipinski definition) is 6. The molecule has 3 rings (SSSR count). The molecule has 30 heavy (non-hydrogen) atoms. The van der Waals surface area contributed by atoms with Crippen molar-refractivity contribution in [1.82, 2.24) is 0 Å². The summed E-state index contributed by atoms with van der Waals surface area (Å²) in [6, 6.07) is 20.5. The van der Waals surface area contributed by atoms with Crippen LogP contribution in [-0.4, -0.2) is 24.9 Å². The highest BCUT2D eigenvalue weighted by atomic mass is 16.6. The van der Waals surface area contributed by atoms with Crippen LogP contribution in [0, 0.1) is 10.1 Å². The maximum Gasteiger partial charge on any atom is 0.311 e. The van der Waals surface area contributed by atoms with E-state index < -0.39 is 11.0 Å². The van der Waals surface area contributed by atoms with Crippen LogP contribution in [-0.2, 0) is 0 Å². The molecule has 0 aliphatic carbocycles. The molecule has 0 spiro atoms. The maximum atomic E-state index is 12.8. The summed E-state index contributed by atoms with van der Waals surface area (Å²) >= 11 is 0. The zero-order valence-corrected chi connectivity index (χ0v) is 16.7. The number of carbonyl (C=O) groups excluding carboxylic acids is 1. The first-order chi connectivity index (χ1) is 14.5. The Morgan fingerprint density at radius 3 is 2.30 bits per heavy atom. The van der Waals surface area contributed by atoms with Gasteiger partial charge < -0.3 is 14.8 Å². The standard InChI is InChI=1S/C23H22N2O5/c1-29-19-11-9-18(10-12-19)24-20(15-22(26)16-6-4-3-5-7-16)17-8-13-23(30-2)21(14-17)25(27)28/h3-14,20,24H,15H2,1-2H3. The molecule has 1 unspecified atom stereocenters. The van der Waals surface area contributed by atoms with E-state index in [2.05, 4.69) is 5.32 Å². The minimum absolute atomic E-state index is 0.0694. The van der Waals surface area contributed by atoms with Crippen LogP contribution in [0.1, 0.15) is 28.4 Å². The predicted octanol–water partition coefficient (Wildman–Crippen LogP) is 5.04. The van der Waals surface area contributed by atoms with Crippen molar-refractivity contribution in [2.45, 2.75) is 12.5 Å². The molecule has 154 valence electrons. The predicted molar refractivity (Wildman–Crippen MR) is 114 cm³/mol.